The maximum absolute atomic E-state index is 5.85. The van der Waals surface area contributed by atoms with Gasteiger partial charge in [-0.2, -0.15) is 0 Å². The molecule has 0 radical (unpaired) electrons. The molecule has 0 bridgehead atoms. The van der Waals surface area contributed by atoms with E-state index >= 15 is 0 Å². The third-order valence-corrected chi connectivity index (χ3v) is 2.11. The van der Waals surface area contributed by atoms with Gasteiger partial charge in [-0.1, -0.05) is 23.6 Å². The maximum Gasteiger partial charge on any atom is 0.134 e. The molecule has 0 aliphatic heterocycles. The second-order valence-corrected chi connectivity index (χ2v) is 3.75. The van der Waals surface area contributed by atoms with Crippen molar-refractivity contribution < 1.29 is 4.74 Å². The molecule has 14 heavy (non-hydrogen) atoms. The van der Waals surface area contributed by atoms with Crippen LogP contribution in [0.3, 0.4) is 0 Å². The minimum atomic E-state index is -0.570. The van der Waals surface area contributed by atoms with Crippen LogP contribution in [0.5, 0.6) is 0 Å². The Morgan fingerprint density at radius 1 is 1.64 bits per heavy atom. The molecule has 3 heteroatoms. The molecule has 1 rings (SSSR count). The van der Waals surface area contributed by atoms with E-state index in [1.165, 1.54) is 0 Å². The fourth-order valence-electron chi connectivity index (χ4n) is 0.827. The van der Waals surface area contributed by atoms with Crippen molar-refractivity contribution in [1.82, 2.24) is 4.98 Å². The molecule has 0 atom stereocenters. The number of pyridine rings is 1. The van der Waals surface area contributed by atoms with E-state index in [1.807, 2.05) is 26.0 Å². The molecule has 1 heterocycles. The van der Waals surface area contributed by atoms with Gasteiger partial charge in [-0.25, -0.2) is 4.98 Å². The molecule has 0 saturated carbocycles. The van der Waals surface area contributed by atoms with E-state index in [0.29, 0.717) is 11.8 Å². The monoisotopic (exact) mass is 209 g/mol. The first-order valence-corrected chi connectivity index (χ1v) is 4.64. The van der Waals surface area contributed by atoms with Gasteiger partial charge in [0.05, 0.1) is 6.61 Å². The molecule has 0 N–H and O–H groups in total. The molecule has 74 valence electrons. The molecule has 0 unspecified atom stereocenters. The van der Waals surface area contributed by atoms with Gasteiger partial charge < -0.3 is 4.74 Å². The molecule has 1 aromatic rings. The smallest absolute Gasteiger partial charge is 0.134 e. The summed E-state index contributed by atoms with van der Waals surface area (Å²) >= 11 is 5.85. The second-order valence-electron chi connectivity index (χ2n) is 3.40. The van der Waals surface area contributed by atoms with Crippen molar-refractivity contribution in [2.24, 2.45) is 0 Å². The van der Waals surface area contributed by atoms with Crippen LogP contribution in [0.1, 0.15) is 19.4 Å². The van der Waals surface area contributed by atoms with E-state index in [1.54, 1.807) is 6.20 Å². The normalized spacial score (nSPS) is 11.0. The highest BCUT2D eigenvalue weighted by Gasteiger charge is 2.14. The van der Waals surface area contributed by atoms with Crippen LogP contribution < -0.4 is 0 Å². The van der Waals surface area contributed by atoms with Crippen molar-refractivity contribution in [3.8, 4) is 12.3 Å². The van der Waals surface area contributed by atoms with Gasteiger partial charge in [-0.15, -0.1) is 6.42 Å². The highest BCUT2D eigenvalue weighted by Crippen LogP contribution is 2.16. The van der Waals surface area contributed by atoms with Crippen LogP contribution in [0.4, 0.5) is 0 Å². The zero-order valence-corrected chi connectivity index (χ0v) is 9.01. The maximum atomic E-state index is 5.85. The van der Waals surface area contributed by atoms with Crippen molar-refractivity contribution in [3.05, 3.63) is 29.0 Å². The van der Waals surface area contributed by atoms with Crippen LogP contribution in [0, 0.1) is 12.3 Å². The van der Waals surface area contributed by atoms with E-state index in [4.69, 9.17) is 22.8 Å². The quantitative estimate of drug-likeness (QED) is 0.564. The molecule has 2 nitrogen and oxygen atoms in total. The third kappa shape index (κ3) is 3.02. The van der Waals surface area contributed by atoms with E-state index < -0.39 is 5.60 Å². The molecule has 1 aromatic heterocycles. The molecule has 0 saturated heterocycles. The number of aromatic nitrogens is 1. The highest BCUT2D eigenvalue weighted by atomic mass is 35.5. The molecule has 0 aliphatic rings. The predicted octanol–water partition coefficient (Wildman–Crippen LogP) is 2.66. The highest BCUT2D eigenvalue weighted by molar-refractivity contribution is 6.30. The zero-order chi connectivity index (χ0) is 10.6. The number of halogens is 1. The van der Waals surface area contributed by atoms with E-state index in [0.717, 1.165) is 5.56 Å². The number of rotatable bonds is 3. The number of hydrogen-bond acceptors (Lipinski definition) is 2. The summed E-state index contributed by atoms with van der Waals surface area (Å²) in [5, 5.41) is 0.459. The number of nitrogens with zero attached hydrogens (tertiary/aromatic N) is 1. The van der Waals surface area contributed by atoms with Crippen LogP contribution >= 0.6 is 11.6 Å². The molecular weight excluding hydrogens is 198 g/mol. The van der Waals surface area contributed by atoms with Gasteiger partial charge in [0.15, 0.2) is 0 Å². The van der Waals surface area contributed by atoms with Crippen molar-refractivity contribution in [2.75, 3.05) is 0 Å². The summed E-state index contributed by atoms with van der Waals surface area (Å²) in [4.78, 5) is 3.94. The minimum Gasteiger partial charge on any atom is -0.358 e. The Hall–Kier alpha value is -1.04. The molecule has 0 fully saturated rings. The summed E-state index contributed by atoms with van der Waals surface area (Å²) in [5.74, 6) is 2.55. The third-order valence-electron chi connectivity index (χ3n) is 1.77. The van der Waals surface area contributed by atoms with E-state index in [-0.39, 0.29) is 0 Å². The molecule has 0 aromatic carbocycles. The largest absolute Gasteiger partial charge is 0.358 e. The Morgan fingerprint density at radius 3 is 2.93 bits per heavy atom. The first-order chi connectivity index (χ1) is 6.55. The first-order valence-electron chi connectivity index (χ1n) is 4.26. The van der Waals surface area contributed by atoms with Gasteiger partial charge >= 0.3 is 0 Å². The first kappa shape index (κ1) is 11.0. The lowest BCUT2D eigenvalue weighted by Gasteiger charge is -2.18. The second kappa shape index (κ2) is 4.45. The molecule has 0 spiro atoms. The summed E-state index contributed by atoms with van der Waals surface area (Å²) in [6.07, 6.45) is 6.92. The lowest BCUT2D eigenvalue weighted by atomic mass is 10.1. The SMILES string of the molecule is C#CC(C)(C)OCc1cccnc1Cl. The van der Waals surface area contributed by atoms with Crippen LogP contribution in [0.15, 0.2) is 18.3 Å². The predicted molar refractivity (Wildman–Crippen MR) is 56.9 cm³/mol. The standard InChI is InChI=1S/C11H12ClNO/c1-4-11(2,3)14-8-9-6-5-7-13-10(9)12/h1,5-7H,8H2,2-3H3. The fourth-order valence-corrected chi connectivity index (χ4v) is 1.00. The van der Waals surface area contributed by atoms with Crippen molar-refractivity contribution in [3.63, 3.8) is 0 Å². The number of hydrogen-bond donors (Lipinski definition) is 0. The zero-order valence-electron chi connectivity index (χ0n) is 8.25. The summed E-state index contributed by atoms with van der Waals surface area (Å²) in [7, 11) is 0. The lowest BCUT2D eigenvalue weighted by molar-refractivity contribution is 0.0144. The average Bonchev–Trinajstić information content (AvgIpc) is 2.17. The van der Waals surface area contributed by atoms with Crippen LogP contribution in [0.2, 0.25) is 5.15 Å². The topological polar surface area (TPSA) is 22.1 Å². The summed E-state index contributed by atoms with van der Waals surface area (Å²) in [5.41, 5.74) is 0.275. The van der Waals surface area contributed by atoms with E-state index in [2.05, 4.69) is 10.9 Å². The van der Waals surface area contributed by atoms with Crippen molar-refractivity contribution >= 4 is 11.6 Å². The van der Waals surface area contributed by atoms with Gasteiger partial charge in [-0.3, -0.25) is 0 Å². The average molecular weight is 210 g/mol. The lowest BCUT2D eigenvalue weighted by Crippen LogP contribution is -2.21. The van der Waals surface area contributed by atoms with Gasteiger partial charge in [0.25, 0.3) is 0 Å². The number of terminal acetylenes is 1. The molecule has 0 aliphatic carbocycles. The summed E-state index contributed by atoms with van der Waals surface area (Å²) in [6, 6.07) is 3.68. The van der Waals surface area contributed by atoms with Gasteiger partial charge in [0.1, 0.15) is 10.8 Å². The van der Waals surface area contributed by atoms with Crippen molar-refractivity contribution in [2.45, 2.75) is 26.1 Å². The molecule has 0 amide bonds. The Morgan fingerprint density at radius 2 is 2.36 bits per heavy atom. The van der Waals surface area contributed by atoms with Gasteiger partial charge in [-0.05, 0) is 19.9 Å². The summed E-state index contributed by atoms with van der Waals surface area (Å²) < 4.78 is 5.48. The van der Waals surface area contributed by atoms with Gasteiger partial charge in [0, 0.05) is 11.8 Å². The summed E-state index contributed by atoms with van der Waals surface area (Å²) in [6.45, 7) is 4.04. The van der Waals surface area contributed by atoms with Crippen LogP contribution in [0.25, 0.3) is 0 Å². The van der Waals surface area contributed by atoms with E-state index in [9.17, 15) is 0 Å². The Kier molecular flexibility index (Phi) is 3.51. The molecular formula is C11H12ClNO. The Balaban J connectivity index is 2.64. The van der Waals surface area contributed by atoms with Crippen LogP contribution in [-0.2, 0) is 11.3 Å². The van der Waals surface area contributed by atoms with Crippen molar-refractivity contribution in [1.29, 1.82) is 0 Å². The minimum absolute atomic E-state index is 0.379. The Bertz CT molecular complexity index is 355. The van der Waals surface area contributed by atoms with Crippen LogP contribution in [-0.4, -0.2) is 10.6 Å². The fraction of sp³-hybridized carbons (Fsp3) is 0.364. The van der Waals surface area contributed by atoms with Gasteiger partial charge in [0.2, 0.25) is 0 Å². The number of ether oxygens (including phenoxy) is 1. The Labute approximate surface area is 89.3 Å².